The highest BCUT2D eigenvalue weighted by atomic mass is 79.9. The number of nitrogens with one attached hydrogen (secondary N) is 1. The van der Waals surface area contributed by atoms with E-state index in [9.17, 15) is 14.4 Å². The summed E-state index contributed by atoms with van der Waals surface area (Å²) in [6.45, 7) is 1.92. The van der Waals surface area contributed by atoms with E-state index < -0.39 is 17.2 Å². The van der Waals surface area contributed by atoms with E-state index in [1.54, 1.807) is 31.2 Å². The first-order valence-electron chi connectivity index (χ1n) is 7.92. The first kappa shape index (κ1) is 20.3. The second-order valence-electron chi connectivity index (χ2n) is 5.31. The maximum atomic E-state index is 12.5. The lowest BCUT2D eigenvalue weighted by Crippen LogP contribution is -2.37. The van der Waals surface area contributed by atoms with Gasteiger partial charge in [0.25, 0.3) is 5.56 Å². The quantitative estimate of drug-likeness (QED) is 0.426. The first-order valence-corrected chi connectivity index (χ1v) is 8.71. The molecule has 0 aliphatic heterocycles. The van der Waals surface area contributed by atoms with Crippen LogP contribution in [0.25, 0.3) is 0 Å². The van der Waals surface area contributed by atoms with Crippen LogP contribution in [-0.4, -0.2) is 21.7 Å². The maximum Gasteiger partial charge on any atom is 0.332 e. The SMILES string of the molecule is CCOC(=O)/C=C\Nc1c(N=Nc2ccc(Br)cc2)c(=O)n(C)c(=O)n1C. The lowest BCUT2D eigenvalue weighted by atomic mass is 10.3. The number of carbonyl (C=O) groups excluding carboxylic acids is 1. The number of esters is 1. The van der Waals surface area contributed by atoms with Crippen molar-refractivity contribution in [1.29, 1.82) is 0 Å². The second kappa shape index (κ2) is 9.08. The minimum Gasteiger partial charge on any atom is -0.463 e. The summed E-state index contributed by atoms with van der Waals surface area (Å²) < 4.78 is 7.78. The van der Waals surface area contributed by atoms with Gasteiger partial charge < -0.3 is 10.1 Å². The Labute approximate surface area is 163 Å². The predicted octanol–water partition coefficient (Wildman–Crippen LogP) is 2.75. The zero-order valence-corrected chi connectivity index (χ0v) is 16.6. The molecule has 0 aliphatic rings. The van der Waals surface area contributed by atoms with Crippen molar-refractivity contribution in [2.24, 2.45) is 24.3 Å². The van der Waals surface area contributed by atoms with Crippen LogP contribution in [0.2, 0.25) is 0 Å². The highest BCUT2D eigenvalue weighted by Crippen LogP contribution is 2.23. The summed E-state index contributed by atoms with van der Waals surface area (Å²) in [5.74, 6) is -0.457. The molecular weight excluding hydrogens is 418 g/mol. The van der Waals surface area contributed by atoms with Crippen LogP contribution in [0.3, 0.4) is 0 Å². The van der Waals surface area contributed by atoms with Crippen LogP contribution in [0.15, 0.2) is 60.8 Å². The average Bonchev–Trinajstić information content (AvgIpc) is 2.65. The van der Waals surface area contributed by atoms with Gasteiger partial charge in [-0.3, -0.25) is 13.9 Å². The number of hydrogen-bond acceptors (Lipinski definition) is 7. The molecule has 1 aromatic heterocycles. The number of anilines is 1. The molecule has 0 saturated heterocycles. The Kier molecular flexibility index (Phi) is 6.83. The topological polar surface area (TPSA) is 107 Å². The van der Waals surface area contributed by atoms with Crippen LogP contribution >= 0.6 is 15.9 Å². The molecule has 0 spiro atoms. The number of aromatic nitrogens is 2. The fourth-order valence-electron chi connectivity index (χ4n) is 2.08. The van der Waals surface area contributed by atoms with Crippen molar-refractivity contribution in [2.45, 2.75) is 6.92 Å². The number of benzene rings is 1. The number of hydrogen-bond donors (Lipinski definition) is 1. The normalized spacial score (nSPS) is 11.3. The number of ether oxygens (including phenoxy) is 1. The summed E-state index contributed by atoms with van der Waals surface area (Å²) in [7, 11) is 2.82. The van der Waals surface area contributed by atoms with Crippen molar-refractivity contribution >= 4 is 39.1 Å². The van der Waals surface area contributed by atoms with Crippen molar-refractivity contribution in [3.63, 3.8) is 0 Å². The number of carbonyl (C=O) groups is 1. The van der Waals surface area contributed by atoms with Crippen LogP contribution in [-0.2, 0) is 23.6 Å². The van der Waals surface area contributed by atoms with Gasteiger partial charge in [0.05, 0.1) is 12.3 Å². The molecule has 1 N–H and O–H groups in total. The van der Waals surface area contributed by atoms with Gasteiger partial charge in [-0.1, -0.05) is 15.9 Å². The molecule has 0 radical (unpaired) electrons. The Hall–Kier alpha value is -3.01. The smallest absolute Gasteiger partial charge is 0.332 e. The number of nitrogens with zero attached hydrogens (tertiary/aromatic N) is 4. The molecule has 9 nitrogen and oxygen atoms in total. The van der Waals surface area contributed by atoms with Gasteiger partial charge in [-0.25, -0.2) is 9.59 Å². The van der Waals surface area contributed by atoms with E-state index in [2.05, 4.69) is 31.5 Å². The Balaban J connectivity index is 2.45. The van der Waals surface area contributed by atoms with Crippen LogP contribution in [0.5, 0.6) is 0 Å². The molecule has 0 bridgehead atoms. The van der Waals surface area contributed by atoms with E-state index >= 15 is 0 Å². The van der Waals surface area contributed by atoms with Crippen molar-refractivity contribution in [3.8, 4) is 0 Å². The van der Waals surface area contributed by atoms with E-state index in [0.29, 0.717) is 5.69 Å². The fourth-order valence-corrected chi connectivity index (χ4v) is 2.34. The second-order valence-corrected chi connectivity index (χ2v) is 6.22. The standard InChI is InChI=1S/C17H18BrN5O4/c1-4-27-13(24)9-10-19-15-14(16(25)23(3)17(26)22(15)2)21-20-12-7-5-11(18)6-8-12/h5-10,19H,4H2,1-3H3/b10-9-,21-20?. The van der Waals surface area contributed by atoms with E-state index in [-0.39, 0.29) is 18.1 Å². The van der Waals surface area contributed by atoms with Gasteiger partial charge in [-0.2, -0.15) is 5.11 Å². The van der Waals surface area contributed by atoms with E-state index in [1.807, 2.05) is 0 Å². The molecular formula is C17H18BrN5O4. The molecule has 2 aromatic rings. The highest BCUT2D eigenvalue weighted by molar-refractivity contribution is 9.10. The van der Waals surface area contributed by atoms with Crippen molar-refractivity contribution in [3.05, 3.63) is 61.9 Å². The molecule has 10 heteroatoms. The van der Waals surface area contributed by atoms with Gasteiger partial charge in [0, 0.05) is 30.8 Å². The van der Waals surface area contributed by atoms with Gasteiger partial charge in [0.2, 0.25) is 0 Å². The molecule has 1 heterocycles. The van der Waals surface area contributed by atoms with E-state index in [0.717, 1.165) is 15.1 Å². The Morgan fingerprint density at radius 1 is 1.19 bits per heavy atom. The zero-order chi connectivity index (χ0) is 20.0. The summed E-state index contributed by atoms with van der Waals surface area (Å²) in [6, 6.07) is 7.00. The third-order valence-electron chi connectivity index (χ3n) is 3.46. The minimum absolute atomic E-state index is 0.0731. The highest BCUT2D eigenvalue weighted by Gasteiger charge is 2.15. The van der Waals surface area contributed by atoms with Crippen molar-refractivity contribution < 1.29 is 9.53 Å². The van der Waals surface area contributed by atoms with Gasteiger partial charge >= 0.3 is 11.7 Å². The van der Waals surface area contributed by atoms with Gasteiger partial charge in [0.15, 0.2) is 5.69 Å². The summed E-state index contributed by atoms with van der Waals surface area (Å²) in [6.07, 6.45) is 2.41. The van der Waals surface area contributed by atoms with Crippen LogP contribution < -0.4 is 16.6 Å². The molecule has 0 saturated carbocycles. The third-order valence-corrected chi connectivity index (χ3v) is 3.99. The minimum atomic E-state index is -0.619. The predicted molar refractivity (Wildman–Crippen MR) is 105 cm³/mol. The summed E-state index contributed by atoms with van der Waals surface area (Å²) >= 11 is 3.32. The Bertz CT molecular complexity index is 1010. The van der Waals surface area contributed by atoms with Gasteiger partial charge in [-0.05, 0) is 31.2 Å². The molecule has 1 aromatic carbocycles. The number of azo groups is 1. The molecule has 0 fully saturated rings. The summed E-state index contributed by atoms with van der Waals surface area (Å²) in [4.78, 5) is 36.0. The molecule has 0 amide bonds. The van der Waals surface area contributed by atoms with Crippen LogP contribution in [0.4, 0.5) is 17.2 Å². The summed E-state index contributed by atoms with van der Waals surface area (Å²) in [5.41, 5.74) is -0.709. The molecule has 0 aliphatic carbocycles. The zero-order valence-electron chi connectivity index (χ0n) is 15.0. The van der Waals surface area contributed by atoms with Crippen molar-refractivity contribution in [2.75, 3.05) is 11.9 Å². The lowest BCUT2D eigenvalue weighted by Gasteiger charge is -2.11. The monoisotopic (exact) mass is 435 g/mol. The maximum absolute atomic E-state index is 12.5. The number of halogens is 1. The molecule has 27 heavy (non-hydrogen) atoms. The average molecular weight is 436 g/mol. The lowest BCUT2D eigenvalue weighted by molar-refractivity contribution is -0.137. The largest absolute Gasteiger partial charge is 0.463 e. The first-order chi connectivity index (χ1) is 12.8. The van der Waals surface area contributed by atoms with Gasteiger partial charge in [0.1, 0.15) is 5.82 Å². The van der Waals surface area contributed by atoms with Crippen LogP contribution in [0.1, 0.15) is 6.92 Å². The van der Waals surface area contributed by atoms with Crippen LogP contribution in [0, 0.1) is 0 Å². The molecule has 142 valence electrons. The number of rotatable bonds is 6. The molecule has 0 atom stereocenters. The van der Waals surface area contributed by atoms with Gasteiger partial charge in [-0.15, -0.1) is 5.11 Å². The van der Waals surface area contributed by atoms with E-state index in [1.165, 1.54) is 24.9 Å². The fraction of sp³-hybridized carbons (Fsp3) is 0.235. The Morgan fingerprint density at radius 3 is 2.48 bits per heavy atom. The Morgan fingerprint density at radius 2 is 1.85 bits per heavy atom. The van der Waals surface area contributed by atoms with E-state index in [4.69, 9.17) is 4.74 Å². The molecule has 2 rings (SSSR count). The third kappa shape index (κ3) is 5.00. The van der Waals surface area contributed by atoms with Crippen molar-refractivity contribution in [1.82, 2.24) is 9.13 Å². The molecule has 0 unspecified atom stereocenters. The summed E-state index contributed by atoms with van der Waals surface area (Å²) in [5, 5.41) is 10.8.